The summed E-state index contributed by atoms with van der Waals surface area (Å²) in [5, 5.41) is 12.9. The summed E-state index contributed by atoms with van der Waals surface area (Å²) in [5.74, 6) is 7.58. The average molecular weight is 324 g/mol. The van der Waals surface area contributed by atoms with E-state index in [-0.39, 0.29) is 30.5 Å². The molecule has 3 aliphatic rings. The van der Waals surface area contributed by atoms with Gasteiger partial charge in [0.25, 0.3) is 0 Å². The number of aliphatic hydroxyl groups is 1. The van der Waals surface area contributed by atoms with Crippen LogP contribution in [0.5, 0.6) is 0 Å². The van der Waals surface area contributed by atoms with Crippen molar-refractivity contribution in [3.8, 4) is 11.8 Å². The minimum atomic E-state index is -0.0833. The molecule has 1 saturated carbocycles. The summed E-state index contributed by atoms with van der Waals surface area (Å²) in [7, 11) is 0. The second-order valence-corrected chi connectivity index (χ2v) is 7.15. The van der Waals surface area contributed by atoms with Gasteiger partial charge in [-0.2, -0.15) is 0 Å². The number of piperazine rings is 1. The normalized spacial score (nSPS) is 29.6. The van der Waals surface area contributed by atoms with Gasteiger partial charge in [-0.25, -0.2) is 0 Å². The van der Waals surface area contributed by atoms with E-state index in [0.29, 0.717) is 12.5 Å². The maximum Gasteiger partial charge on any atom is 0.237 e. The van der Waals surface area contributed by atoms with E-state index in [0.717, 1.165) is 12.1 Å². The highest BCUT2D eigenvalue weighted by molar-refractivity contribution is 5.81. The van der Waals surface area contributed by atoms with E-state index in [1.807, 2.05) is 4.90 Å². The van der Waals surface area contributed by atoms with Gasteiger partial charge in [0.15, 0.2) is 0 Å². The summed E-state index contributed by atoms with van der Waals surface area (Å²) in [5.41, 5.74) is 2.25. The van der Waals surface area contributed by atoms with E-state index in [9.17, 15) is 9.90 Å². The number of aliphatic hydroxyl groups excluding tert-OH is 1. The van der Waals surface area contributed by atoms with Crippen molar-refractivity contribution < 1.29 is 9.90 Å². The number of benzene rings is 1. The zero-order chi connectivity index (χ0) is 16.5. The monoisotopic (exact) mass is 324 g/mol. The Morgan fingerprint density at radius 2 is 1.96 bits per heavy atom. The van der Waals surface area contributed by atoms with Crippen LogP contribution in [0.2, 0.25) is 0 Å². The molecule has 0 spiro atoms. The van der Waals surface area contributed by atoms with Crippen molar-refractivity contribution in [3.63, 3.8) is 0 Å². The number of nitrogens with zero attached hydrogens (tertiary/aromatic N) is 1. The van der Waals surface area contributed by atoms with Crippen LogP contribution in [0.1, 0.15) is 42.7 Å². The van der Waals surface area contributed by atoms with Crippen LogP contribution in [0.4, 0.5) is 0 Å². The van der Waals surface area contributed by atoms with Crippen molar-refractivity contribution in [2.75, 3.05) is 19.7 Å². The number of carbonyl (C=O) groups excluding carboxylic acids is 1. The highest BCUT2D eigenvalue weighted by Crippen LogP contribution is 2.41. The van der Waals surface area contributed by atoms with E-state index < -0.39 is 0 Å². The molecule has 1 aliphatic carbocycles. The zero-order valence-electron chi connectivity index (χ0n) is 13.9. The molecule has 0 bridgehead atoms. The second kappa shape index (κ2) is 6.58. The van der Waals surface area contributed by atoms with Crippen LogP contribution in [0, 0.1) is 17.8 Å². The van der Waals surface area contributed by atoms with Gasteiger partial charge in [-0.1, -0.05) is 36.8 Å². The number of nitrogens with one attached hydrogen (secondary N) is 1. The Morgan fingerprint density at radius 1 is 1.21 bits per heavy atom. The van der Waals surface area contributed by atoms with E-state index in [1.165, 1.54) is 31.2 Å². The third-order valence-electron chi connectivity index (χ3n) is 5.72. The number of fused-ring (bicyclic) bond motifs is 1. The van der Waals surface area contributed by atoms with Crippen molar-refractivity contribution >= 4 is 5.91 Å². The number of rotatable bonds is 2. The van der Waals surface area contributed by atoms with Gasteiger partial charge >= 0.3 is 0 Å². The number of amides is 1. The lowest BCUT2D eigenvalue weighted by Crippen LogP contribution is -2.72. The fourth-order valence-corrected chi connectivity index (χ4v) is 4.45. The van der Waals surface area contributed by atoms with Crippen LogP contribution >= 0.6 is 0 Å². The predicted molar refractivity (Wildman–Crippen MR) is 92.4 cm³/mol. The van der Waals surface area contributed by atoms with Gasteiger partial charge in [-0.05, 0) is 30.5 Å². The second-order valence-electron chi connectivity index (χ2n) is 7.15. The summed E-state index contributed by atoms with van der Waals surface area (Å²) < 4.78 is 0. The molecule has 1 aromatic carbocycles. The molecule has 3 fully saturated rings. The molecule has 1 amide bonds. The van der Waals surface area contributed by atoms with Crippen molar-refractivity contribution in [1.82, 2.24) is 10.2 Å². The maximum atomic E-state index is 12.0. The van der Waals surface area contributed by atoms with Crippen LogP contribution in [-0.2, 0) is 4.79 Å². The number of carbonyl (C=O) groups is 1. The molecular formula is C20H24N2O2. The van der Waals surface area contributed by atoms with Crippen LogP contribution < -0.4 is 5.32 Å². The topological polar surface area (TPSA) is 52.6 Å². The Kier molecular flexibility index (Phi) is 4.30. The van der Waals surface area contributed by atoms with Crippen LogP contribution in [0.3, 0.4) is 0 Å². The van der Waals surface area contributed by atoms with Gasteiger partial charge in [-0.3, -0.25) is 4.79 Å². The maximum absolute atomic E-state index is 12.0. The highest BCUT2D eigenvalue weighted by atomic mass is 16.3. The molecule has 4 heteroatoms. The van der Waals surface area contributed by atoms with Gasteiger partial charge in [-0.15, -0.1) is 0 Å². The van der Waals surface area contributed by atoms with E-state index in [2.05, 4.69) is 41.4 Å². The van der Waals surface area contributed by atoms with E-state index in [4.69, 9.17) is 0 Å². The molecule has 0 unspecified atom stereocenters. The van der Waals surface area contributed by atoms with E-state index >= 15 is 0 Å². The van der Waals surface area contributed by atoms with E-state index in [1.54, 1.807) is 0 Å². The number of hydrogen-bond donors (Lipinski definition) is 2. The lowest BCUT2D eigenvalue weighted by molar-refractivity contribution is -0.153. The van der Waals surface area contributed by atoms with Gasteiger partial charge in [0.2, 0.25) is 5.91 Å². The first-order chi connectivity index (χ1) is 11.8. The molecule has 126 valence electrons. The number of hydrogen-bond acceptors (Lipinski definition) is 3. The fourth-order valence-electron chi connectivity index (χ4n) is 4.45. The molecule has 1 aromatic rings. The van der Waals surface area contributed by atoms with Crippen LogP contribution in [0.15, 0.2) is 24.3 Å². The van der Waals surface area contributed by atoms with Gasteiger partial charge in [0.05, 0.1) is 25.2 Å². The largest absolute Gasteiger partial charge is 0.394 e. The molecule has 2 aliphatic heterocycles. The molecule has 3 atom stereocenters. The van der Waals surface area contributed by atoms with Gasteiger partial charge in [0.1, 0.15) is 0 Å². The Labute approximate surface area is 143 Å². The molecule has 2 heterocycles. The summed E-state index contributed by atoms with van der Waals surface area (Å²) in [6.07, 6.45) is 5.11. The first kappa shape index (κ1) is 15.7. The summed E-state index contributed by atoms with van der Waals surface area (Å²) in [6.45, 7) is 1.21. The van der Waals surface area contributed by atoms with Crippen molar-refractivity contribution in [2.45, 2.75) is 43.7 Å². The minimum absolute atomic E-state index is 0.0240. The SMILES string of the molecule is O=C1CNC[C@@H]2[C@H](c3ccc(C#CC4CCCC4)cc3)[C@@H](CO)N12. The average Bonchev–Trinajstić information content (AvgIpc) is 3.10. The Balaban J connectivity index is 1.49. The molecule has 2 saturated heterocycles. The zero-order valence-corrected chi connectivity index (χ0v) is 13.9. The molecule has 4 rings (SSSR count). The van der Waals surface area contributed by atoms with Gasteiger partial charge in [0, 0.05) is 23.9 Å². The Bertz CT molecular complexity index is 661. The summed E-state index contributed by atoms with van der Waals surface area (Å²) in [4.78, 5) is 13.9. The summed E-state index contributed by atoms with van der Waals surface area (Å²) in [6, 6.07) is 8.46. The highest BCUT2D eigenvalue weighted by Gasteiger charge is 2.52. The first-order valence-electron chi connectivity index (χ1n) is 9.02. The smallest absolute Gasteiger partial charge is 0.237 e. The molecule has 0 radical (unpaired) electrons. The standard InChI is InChI=1S/C20H24N2O2/c23-13-18-20(17-11-21-12-19(24)22(17)18)16-9-7-15(8-10-16)6-5-14-3-1-2-4-14/h7-10,14,17-18,20-21,23H,1-4,11-13H2/t17-,18-,20+/m1/s1. The van der Waals surface area contributed by atoms with Crippen LogP contribution in [-0.4, -0.2) is 47.7 Å². The van der Waals surface area contributed by atoms with Crippen molar-refractivity contribution in [3.05, 3.63) is 35.4 Å². The third kappa shape index (κ3) is 2.72. The fraction of sp³-hybridized carbons (Fsp3) is 0.550. The molecule has 2 N–H and O–H groups in total. The van der Waals surface area contributed by atoms with Crippen molar-refractivity contribution in [2.24, 2.45) is 5.92 Å². The third-order valence-corrected chi connectivity index (χ3v) is 5.72. The van der Waals surface area contributed by atoms with Crippen molar-refractivity contribution in [1.29, 1.82) is 0 Å². The van der Waals surface area contributed by atoms with Crippen LogP contribution in [0.25, 0.3) is 0 Å². The molecule has 0 aromatic heterocycles. The Hall–Kier alpha value is -1.83. The molecule has 24 heavy (non-hydrogen) atoms. The lowest BCUT2D eigenvalue weighted by Gasteiger charge is -2.57. The molecular weight excluding hydrogens is 300 g/mol. The Morgan fingerprint density at radius 3 is 2.67 bits per heavy atom. The van der Waals surface area contributed by atoms with Gasteiger partial charge < -0.3 is 15.3 Å². The summed E-state index contributed by atoms with van der Waals surface area (Å²) >= 11 is 0. The minimum Gasteiger partial charge on any atom is -0.394 e. The predicted octanol–water partition coefficient (Wildman–Crippen LogP) is 1.49. The first-order valence-corrected chi connectivity index (χ1v) is 9.02. The quantitative estimate of drug-likeness (QED) is 0.811. The lowest BCUT2D eigenvalue weighted by atomic mass is 9.74. The molecule has 4 nitrogen and oxygen atoms in total.